The molecule has 2 aromatic heterocycles. The topological polar surface area (TPSA) is 78.7 Å². The fraction of sp³-hybridized carbons (Fsp3) is 0.324. The number of ether oxygens (including phenoxy) is 3. The van der Waals surface area contributed by atoms with Crippen molar-refractivity contribution in [2.45, 2.75) is 45.6 Å². The van der Waals surface area contributed by atoms with Crippen LogP contribution in [0.4, 0.5) is 0 Å². The minimum absolute atomic E-state index is 0.0203. The van der Waals surface area contributed by atoms with E-state index >= 15 is 0 Å². The minimum atomic E-state index is -0.0203. The van der Waals surface area contributed by atoms with Gasteiger partial charge < -0.3 is 18.8 Å². The molecule has 1 saturated heterocycles. The molecule has 8 nitrogen and oxygen atoms in total. The largest absolute Gasteiger partial charge is 0.497 e. The Bertz CT molecular complexity index is 1710. The number of carbonyl (C=O) groups is 1. The predicted octanol–water partition coefficient (Wildman–Crippen LogP) is 6.56. The maximum atomic E-state index is 11.6. The van der Waals surface area contributed by atoms with E-state index in [1.54, 1.807) is 19.2 Å². The molecule has 1 atom stereocenters. The van der Waals surface area contributed by atoms with Crippen molar-refractivity contribution in [1.29, 1.82) is 0 Å². The Morgan fingerprint density at radius 2 is 1.98 bits per heavy atom. The van der Waals surface area contributed by atoms with Crippen molar-refractivity contribution in [2.75, 3.05) is 26.8 Å². The average molecular weight is 599 g/mol. The van der Waals surface area contributed by atoms with Gasteiger partial charge in [0.1, 0.15) is 18.2 Å². The standard InChI is InChI=1S/C34H35ClN4O4/c1-22(40)25-7-8-27(29(35)17-25)21-43-34-6-4-5-30(37-34)24-11-14-38(15-12-24)20-33-36-31-10-9-26(23(2)41-3)18-32(31)39(33)19-28-13-16-42-28/h4-11,17-18,28H,2,12-16,19-21H2,1,3H3. The van der Waals surface area contributed by atoms with Crippen molar-refractivity contribution in [3.8, 4) is 5.88 Å². The first-order chi connectivity index (χ1) is 20.9. The zero-order chi connectivity index (χ0) is 29.9. The Morgan fingerprint density at radius 3 is 2.67 bits per heavy atom. The Labute approximate surface area is 256 Å². The minimum Gasteiger partial charge on any atom is -0.497 e. The molecular formula is C34H35ClN4O4. The Morgan fingerprint density at radius 1 is 1.14 bits per heavy atom. The predicted molar refractivity (Wildman–Crippen MR) is 168 cm³/mol. The third-order valence-corrected chi connectivity index (χ3v) is 8.47. The van der Waals surface area contributed by atoms with E-state index in [1.807, 2.05) is 36.4 Å². The summed E-state index contributed by atoms with van der Waals surface area (Å²) in [6.45, 7) is 9.86. The molecule has 4 heterocycles. The van der Waals surface area contributed by atoms with Gasteiger partial charge in [0.05, 0.1) is 43.0 Å². The Hall–Kier alpha value is -3.98. The molecule has 4 aromatic rings. The molecule has 0 spiro atoms. The highest BCUT2D eigenvalue weighted by atomic mass is 35.5. The van der Waals surface area contributed by atoms with Crippen molar-refractivity contribution in [2.24, 2.45) is 0 Å². The maximum Gasteiger partial charge on any atom is 0.214 e. The van der Waals surface area contributed by atoms with E-state index in [1.165, 1.54) is 12.5 Å². The SMILES string of the molecule is C=C(OC)c1ccc2nc(CN3CC=C(c4cccc(OCc5ccc(C(C)=O)cc5Cl)n4)CC3)n(CC3CCO3)c2c1. The second kappa shape index (κ2) is 12.7. The number of fused-ring (bicyclic) bond motifs is 1. The van der Waals surface area contributed by atoms with Crippen LogP contribution in [0.25, 0.3) is 22.4 Å². The number of methoxy groups -OCH3 is 1. The van der Waals surface area contributed by atoms with Gasteiger partial charge in [0, 0.05) is 47.5 Å². The zero-order valence-electron chi connectivity index (χ0n) is 24.5. The molecule has 9 heteroatoms. The number of carbonyl (C=O) groups excluding carboxylic acids is 1. The second-order valence-electron chi connectivity index (χ2n) is 11.0. The number of hydrogen-bond acceptors (Lipinski definition) is 7. The maximum absolute atomic E-state index is 11.6. The molecule has 2 aliphatic rings. The average Bonchev–Trinajstić information content (AvgIpc) is 3.34. The van der Waals surface area contributed by atoms with Crippen molar-refractivity contribution in [1.82, 2.24) is 19.4 Å². The molecular weight excluding hydrogens is 564 g/mol. The summed E-state index contributed by atoms with van der Waals surface area (Å²) in [6.07, 6.45) is 4.40. The van der Waals surface area contributed by atoms with Crippen LogP contribution in [0.2, 0.25) is 5.02 Å². The number of nitrogens with zero attached hydrogens (tertiary/aromatic N) is 4. The molecule has 2 aromatic carbocycles. The van der Waals surface area contributed by atoms with Crippen molar-refractivity contribution >= 4 is 39.7 Å². The van der Waals surface area contributed by atoms with Gasteiger partial charge in [-0.25, -0.2) is 9.97 Å². The summed E-state index contributed by atoms with van der Waals surface area (Å²) in [5, 5.41) is 0.508. The number of aromatic nitrogens is 3. The highest BCUT2D eigenvalue weighted by Gasteiger charge is 2.24. The molecule has 222 valence electrons. The van der Waals surface area contributed by atoms with Gasteiger partial charge in [-0.2, -0.15) is 0 Å². The van der Waals surface area contributed by atoms with Crippen LogP contribution in [0.3, 0.4) is 0 Å². The summed E-state index contributed by atoms with van der Waals surface area (Å²) >= 11 is 6.37. The number of benzene rings is 2. The monoisotopic (exact) mass is 598 g/mol. The van der Waals surface area contributed by atoms with E-state index in [0.29, 0.717) is 22.2 Å². The summed E-state index contributed by atoms with van der Waals surface area (Å²) in [4.78, 5) is 23.8. The van der Waals surface area contributed by atoms with Crippen LogP contribution in [-0.2, 0) is 29.2 Å². The van der Waals surface area contributed by atoms with Gasteiger partial charge in [0.15, 0.2) is 5.78 Å². The van der Waals surface area contributed by atoms with Gasteiger partial charge >= 0.3 is 0 Å². The van der Waals surface area contributed by atoms with Crippen LogP contribution in [0.15, 0.2) is 67.3 Å². The van der Waals surface area contributed by atoms with E-state index in [9.17, 15) is 4.79 Å². The van der Waals surface area contributed by atoms with Crippen LogP contribution in [0.5, 0.6) is 5.88 Å². The number of hydrogen-bond donors (Lipinski definition) is 0. The number of rotatable bonds is 11. The highest BCUT2D eigenvalue weighted by Crippen LogP contribution is 2.28. The van der Waals surface area contributed by atoms with Crippen molar-refractivity contribution in [3.05, 3.63) is 100 Å². The lowest BCUT2D eigenvalue weighted by atomic mass is 10.0. The highest BCUT2D eigenvalue weighted by molar-refractivity contribution is 6.31. The Balaban J connectivity index is 1.14. The molecule has 0 saturated carbocycles. The van der Waals surface area contributed by atoms with E-state index in [2.05, 4.69) is 28.2 Å². The number of pyridine rings is 1. The zero-order valence-corrected chi connectivity index (χ0v) is 25.3. The summed E-state index contributed by atoms with van der Waals surface area (Å²) in [5.41, 5.74) is 6.50. The van der Waals surface area contributed by atoms with Crippen LogP contribution in [0, 0.1) is 0 Å². The molecule has 6 rings (SSSR count). The first-order valence-electron chi connectivity index (χ1n) is 14.5. The van der Waals surface area contributed by atoms with E-state index in [4.69, 9.17) is 35.8 Å². The van der Waals surface area contributed by atoms with E-state index < -0.39 is 0 Å². The lowest BCUT2D eigenvalue weighted by Gasteiger charge is -2.29. The summed E-state index contributed by atoms with van der Waals surface area (Å²) < 4.78 is 19.4. The first kappa shape index (κ1) is 29.1. The molecule has 1 fully saturated rings. The summed E-state index contributed by atoms with van der Waals surface area (Å²) in [5.74, 6) is 2.19. The second-order valence-corrected chi connectivity index (χ2v) is 11.4. The normalized spacial score (nSPS) is 16.9. The van der Waals surface area contributed by atoms with E-state index in [-0.39, 0.29) is 18.5 Å². The molecule has 2 aliphatic heterocycles. The van der Waals surface area contributed by atoms with Crippen LogP contribution in [0.1, 0.15) is 52.8 Å². The number of ketones is 1. The fourth-order valence-corrected chi connectivity index (χ4v) is 5.65. The third kappa shape index (κ3) is 6.51. The smallest absolute Gasteiger partial charge is 0.214 e. The number of halogens is 1. The first-order valence-corrected chi connectivity index (χ1v) is 14.9. The van der Waals surface area contributed by atoms with E-state index in [0.717, 1.165) is 79.3 Å². The van der Waals surface area contributed by atoms with Gasteiger partial charge in [-0.05, 0) is 55.7 Å². The lowest BCUT2D eigenvalue weighted by molar-refractivity contribution is -0.0591. The van der Waals surface area contributed by atoms with Crippen LogP contribution < -0.4 is 4.74 Å². The van der Waals surface area contributed by atoms with Gasteiger partial charge in [-0.1, -0.05) is 42.5 Å². The molecule has 0 bridgehead atoms. The fourth-order valence-electron chi connectivity index (χ4n) is 5.42. The Kier molecular flexibility index (Phi) is 8.61. The van der Waals surface area contributed by atoms with Gasteiger partial charge in [0.25, 0.3) is 0 Å². The number of Topliss-reactive ketones (excluding diaryl/α,β-unsaturated/α-hetero) is 1. The quantitative estimate of drug-likeness (QED) is 0.143. The van der Waals surface area contributed by atoms with Crippen LogP contribution in [-0.4, -0.2) is 58.1 Å². The van der Waals surface area contributed by atoms with Crippen molar-refractivity contribution in [3.63, 3.8) is 0 Å². The summed E-state index contributed by atoms with van der Waals surface area (Å²) in [7, 11) is 1.64. The molecule has 0 amide bonds. The van der Waals surface area contributed by atoms with Crippen LogP contribution >= 0.6 is 11.6 Å². The molecule has 0 N–H and O–H groups in total. The van der Waals surface area contributed by atoms with Gasteiger partial charge in [-0.3, -0.25) is 9.69 Å². The van der Waals surface area contributed by atoms with Gasteiger partial charge in [-0.15, -0.1) is 0 Å². The lowest BCUT2D eigenvalue weighted by Crippen LogP contribution is -2.33. The molecule has 43 heavy (non-hydrogen) atoms. The molecule has 0 radical (unpaired) electrons. The summed E-state index contributed by atoms with van der Waals surface area (Å²) in [6, 6.07) is 17.3. The van der Waals surface area contributed by atoms with Gasteiger partial charge in [0.2, 0.25) is 5.88 Å². The van der Waals surface area contributed by atoms with Crippen molar-refractivity contribution < 1.29 is 19.0 Å². The molecule has 0 aliphatic carbocycles. The third-order valence-electron chi connectivity index (χ3n) is 8.12. The number of imidazole rings is 1. The molecule has 1 unspecified atom stereocenters.